The molecule has 0 heterocycles. The molecule has 52 valence electrons. The Hall–Kier alpha value is -0.630. The van der Waals surface area contributed by atoms with Gasteiger partial charge in [0.2, 0.25) is 0 Å². The van der Waals surface area contributed by atoms with Gasteiger partial charge in [0.05, 0.1) is 0 Å². The zero-order valence-electron chi connectivity index (χ0n) is 6.31. The van der Waals surface area contributed by atoms with E-state index in [1.165, 1.54) is 5.57 Å². The summed E-state index contributed by atoms with van der Waals surface area (Å²) < 4.78 is 0. The van der Waals surface area contributed by atoms with Gasteiger partial charge in [-0.15, -0.1) is 0 Å². The van der Waals surface area contributed by atoms with Crippen LogP contribution in [-0.2, 0) is 0 Å². The Kier molecular flexibility index (Phi) is 5.12. The maximum atomic E-state index is 3.83. The van der Waals surface area contributed by atoms with Crippen molar-refractivity contribution in [2.75, 3.05) is 20.6 Å². The average molecular weight is 126 g/mol. The Morgan fingerprint density at radius 2 is 2.33 bits per heavy atom. The summed E-state index contributed by atoms with van der Waals surface area (Å²) in [4.78, 5) is 3.83. The lowest BCUT2D eigenvalue weighted by Gasteiger charge is -1.94. The fourth-order valence-electron chi connectivity index (χ4n) is 0.540. The molecule has 9 heavy (non-hydrogen) atoms. The Labute approximate surface area is 56.7 Å². The summed E-state index contributed by atoms with van der Waals surface area (Å²) in [6, 6.07) is 0. The molecule has 0 fully saturated rings. The SMILES string of the molecule is C/N=C\C=C(\C)CNC. The molecule has 0 atom stereocenters. The van der Waals surface area contributed by atoms with E-state index in [4.69, 9.17) is 0 Å². The summed E-state index contributed by atoms with van der Waals surface area (Å²) in [7, 11) is 3.70. The van der Waals surface area contributed by atoms with Crippen molar-refractivity contribution in [2.45, 2.75) is 6.92 Å². The van der Waals surface area contributed by atoms with Crippen molar-refractivity contribution in [1.82, 2.24) is 5.32 Å². The molecule has 0 aliphatic heterocycles. The Morgan fingerprint density at radius 1 is 1.67 bits per heavy atom. The molecule has 0 spiro atoms. The summed E-state index contributed by atoms with van der Waals surface area (Å²) in [6.45, 7) is 3.00. The van der Waals surface area contributed by atoms with E-state index in [1.807, 2.05) is 13.1 Å². The molecule has 0 saturated carbocycles. The highest BCUT2D eigenvalue weighted by Crippen LogP contribution is 1.85. The van der Waals surface area contributed by atoms with Crippen LogP contribution in [0.3, 0.4) is 0 Å². The van der Waals surface area contributed by atoms with Gasteiger partial charge in [-0.3, -0.25) is 4.99 Å². The molecule has 0 aromatic heterocycles. The highest BCUT2D eigenvalue weighted by atomic mass is 14.8. The first-order valence-electron chi connectivity index (χ1n) is 3.03. The molecule has 0 radical (unpaired) electrons. The van der Waals surface area contributed by atoms with Crippen molar-refractivity contribution < 1.29 is 0 Å². The molecule has 0 aromatic rings. The number of nitrogens with one attached hydrogen (secondary N) is 1. The Morgan fingerprint density at radius 3 is 2.78 bits per heavy atom. The average Bonchev–Trinajstić information content (AvgIpc) is 1.85. The molecular weight excluding hydrogens is 112 g/mol. The second kappa shape index (κ2) is 5.51. The lowest BCUT2D eigenvalue weighted by atomic mass is 10.3. The first kappa shape index (κ1) is 8.37. The van der Waals surface area contributed by atoms with E-state index >= 15 is 0 Å². The molecule has 0 amide bonds. The van der Waals surface area contributed by atoms with E-state index in [-0.39, 0.29) is 0 Å². The number of rotatable bonds is 3. The molecule has 0 bridgehead atoms. The summed E-state index contributed by atoms with van der Waals surface area (Å²) in [5.74, 6) is 0. The molecule has 2 heteroatoms. The summed E-state index contributed by atoms with van der Waals surface area (Å²) in [6.07, 6.45) is 3.79. The van der Waals surface area contributed by atoms with E-state index in [2.05, 4.69) is 17.2 Å². The van der Waals surface area contributed by atoms with Crippen molar-refractivity contribution >= 4 is 6.21 Å². The van der Waals surface area contributed by atoms with Crippen LogP contribution in [0.1, 0.15) is 6.92 Å². The van der Waals surface area contributed by atoms with Crippen molar-refractivity contribution in [3.05, 3.63) is 11.6 Å². The lowest BCUT2D eigenvalue weighted by molar-refractivity contribution is 0.881. The third-order valence-electron chi connectivity index (χ3n) is 0.964. The van der Waals surface area contributed by atoms with Gasteiger partial charge in [-0.2, -0.15) is 0 Å². The second-order valence-electron chi connectivity index (χ2n) is 1.95. The van der Waals surface area contributed by atoms with Gasteiger partial charge in [0.25, 0.3) is 0 Å². The van der Waals surface area contributed by atoms with Gasteiger partial charge in [0.15, 0.2) is 0 Å². The molecule has 0 saturated heterocycles. The zero-order valence-corrected chi connectivity index (χ0v) is 6.31. The fraction of sp³-hybridized carbons (Fsp3) is 0.571. The summed E-state index contributed by atoms with van der Waals surface area (Å²) in [5, 5.41) is 3.05. The summed E-state index contributed by atoms with van der Waals surface area (Å²) in [5.41, 5.74) is 1.29. The van der Waals surface area contributed by atoms with Crippen LogP contribution in [0.15, 0.2) is 16.6 Å². The first-order chi connectivity index (χ1) is 4.31. The Balaban J connectivity index is 3.55. The van der Waals surface area contributed by atoms with E-state index in [1.54, 1.807) is 13.3 Å². The minimum atomic E-state index is 0.937. The van der Waals surface area contributed by atoms with Gasteiger partial charge < -0.3 is 5.32 Å². The third-order valence-corrected chi connectivity index (χ3v) is 0.964. The molecule has 0 aromatic carbocycles. The normalized spacial score (nSPS) is 13.0. The number of aliphatic imine (C=N–C) groups is 1. The highest BCUT2D eigenvalue weighted by Gasteiger charge is 1.80. The quantitative estimate of drug-likeness (QED) is 0.557. The van der Waals surface area contributed by atoms with Gasteiger partial charge in [-0.25, -0.2) is 0 Å². The van der Waals surface area contributed by atoms with Crippen LogP contribution in [0.4, 0.5) is 0 Å². The Bertz CT molecular complexity index is 114. The van der Waals surface area contributed by atoms with Gasteiger partial charge in [0, 0.05) is 19.8 Å². The van der Waals surface area contributed by atoms with E-state index in [9.17, 15) is 0 Å². The van der Waals surface area contributed by atoms with E-state index in [0.717, 1.165) is 6.54 Å². The fourth-order valence-corrected chi connectivity index (χ4v) is 0.540. The van der Waals surface area contributed by atoms with Crippen LogP contribution in [0, 0.1) is 0 Å². The molecule has 1 N–H and O–H groups in total. The second-order valence-corrected chi connectivity index (χ2v) is 1.95. The number of hydrogen-bond acceptors (Lipinski definition) is 2. The standard InChI is InChI=1S/C7H14N2/c1-7(6-9-3)4-5-8-2/h4-5,9H,6H2,1-3H3/b7-4-,8-5-. The van der Waals surface area contributed by atoms with E-state index in [0.29, 0.717) is 0 Å². The van der Waals surface area contributed by atoms with Crippen molar-refractivity contribution in [3.8, 4) is 0 Å². The van der Waals surface area contributed by atoms with Crippen LogP contribution in [-0.4, -0.2) is 26.9 Å². The molecule has 2 nitrogen and oxygen atoms in total. The van der Waals surface area contributed by atoms with Crippen LogP contribution in [0.5, 0.6) is 0 Å². The summed E-state index contributed by atoms with van der Waals surface area (Å²) >= 11 is 0. The van der Waals surface area contributed by atoms with Crippen LogP contribution in [0.25, 0.3) is 0 Å². The van der Waals surface area contributed by atoms with Crippen molar-refractivity contribution in [2.24, 2.45) is 4.99 Å². The zero-order chi connectivity index (χ0) is 7.11. The van der Waals surface area contributed by atoms with Crippen molar-refractivity contribution in [3.63, 3.8) is 0 Å². The van der Waals surface area contributed by atoms with Gasteiger partial charge in [-0.05, 0) is 20.0 Å². The monoisotopic (exact) mass is 126 g/mol. The highest BCUT2D eigenvalue weighted by molar-refractivity contribution is 5.71. The van der Waals surface area contributed by atoms with E-state index < -0.39 is 0 Å². The van der Waals surface area contributed by atoms with Gasteiger partial charge in [-0.1, -0.05) is 5.57 Å². The number of hydrogen-bond donors (Lipinski definition) is 1. The van der Waals surface area contributed by atoms with Gasteiger partial charge >= 0.3 is 0 Å². The molecule has 0 unspecified atom stereocenters. The molecule has 0 aliphatic rings. The molecule has 0 rings (SSSR count). The molecule has 0 aliphatic carbocycles. The topological polar surface area (TPSA) is 24.4 Å². The van der Waals surface area contributed by atoms with Crippen LogP contribution >= 0.6 is 0 Å². The third kappa shape index (κ3) is 5.24. The maximum Gasteiger partial charge on any atom is 0.0277 e. The first-order valence-corrected chi connectivity index (χ1v) is 3.03. The van der Waals surface area contributed by atoms with Gasteiger partial charge in [0.1, 0.15) is 0 Å². The van der Waals surface area contributed by atoms with Crippen LogP contribution < -0.4 is 5.32 Å². The predicted octanol–water partition coefficient (Wildman–Crippen LogP) is 0.853. The van der Waals surface area contributed by atoms with Crippen molar-refractivity contribution in [1.29, 1.82) is 0 Å². The number of nitrogens with zero attached hydrogens (tertiary/aromatic N) is 1. The lowest BCUT2D eigenvalue weighted by Crippen LogP contribution is -2.08. The predicted molar refractivity (Wildman–Crippen MR) is 42.1 cm³/mol. The minimum Gasteiger partial charge on any atom is -0.316 e. The largest absolute Gasteiger partial charge is 0.316 e. The van der Waals surface area contributed by atoms with Crippen LogP contribution in [0.2, 0.25) is 0 Å². The smallest absolute Gasteiger partial charge is 0.0277 e. The molecular formula is C7H14N2. The maximum absolute atomic E-state index is 3.83. The number of likely N-dealkylation sites (N-methyl/N-ethyl adjacent to an activating group) is 1. The number of allylic oxidation sites excluding steroid dienone is 1. The minimum absolute atomic E-state index is 0.937.